The van der Waals surface area contributed by atoms with E-state index < -0.39 is 6.16 Å². The summed E-state index contributed by atoms with van der Waals surface area (Å²) in [7, 11) is 0. The lowest BCUT2D eigenvalue weighted by molar-refractivity contribution is 0.144. The van der Waals surface area contributed by atoms with E-state index in [1.165, 1.54) is 6.07 Å². The molecular weight excluding hydrogens is 519 g/mol. The number of aryl methyl sites for hydroxylation is 3. The van der Waals surface area contributed by atoms with Crippen molar-refractivity contribution >= 4 is 28.2 Å². The number of benzene rings is 4. The molecule has 0 amide bonds. The number of nitrogens with one attached hydrogen (secondary N) is 1. The normalized spacial score (nSPS) is 11.4. The van der Waals surface area contributed by atoms with Crippen molar-refractivity contribution in [2.45, 2.75) is 40.2 Å². The molecule has 0 saturated heterocycles. The van der Waals surface area contributed by atoms with E-state index in [-0.39, 0.29) is 5.82 Å². The zero-order valence-electron chi connectivity index (χ0n) is 23.0. The molecule has 2 aromatic heterocycles. The Morgan fingerprint density at radius 3 is 2.51 bits per heavy atom. The van der Waals surface area contributed by atoms with E-state index in [9.17, 15) is 9.18 Å². The van der Waals surface area contributed by atoms with Crippen LogP contribution >= 0.6 is 0 Å². The minimum absolute atomic E-state index is 0.270. The Morgan fingerprint density at radius 1 is 0.976 bits per heavy atom. The van der Waals surface area contributed by atoms with Crippen LogP contribution in [0.25, 0.3) is 44.6 Å². The maximum Gasteiger partial charge on any atom is 0.511 e. The van der Waals surface area contributed by atoms with Gasteiger partial charge in [-0.2, -0.15) is 0 Å². The molecule has 4 aromatic carbocycles. The summed E-state index contributed by atoms with van der Waals surface area (Å²) in [5.41, 5.74) is 8.54. The number of halogens is 1. The van der Waals surface area contributed by atoms with Gasteiger partial charge in [0.1, 0.15) is 23.2 Å². The molecule has 0 saturated carbocycles. The number of imidazole rings is 2. The summed E-state index contributed by atoms with van der Waals surface area (Å²) in [6.45, 7) is 6.56. The van der Waals surface area contributed by atoms with Gasteiger partial charge in [-0.1, -0.05) is 49.4 Å². The van der Waals surface area contributed by atoms with Gasteiger partial charge in [0, 0.05) is 29.7 Å². The van der Waals surface area contributed by atoms with Crippen LogP contribution in [-0.4, -0.2) is 30.8 Å². The van der Waals surface area contributed by atoms with Gasteiger partial charge in [0.2, 0.25) is 0 Å². The number of hydrogen-bond donors (Lipinski definition) is 2. The lowest BCUT2D eigenvalue weighted by Crippen LogP contribution is -2.05. The number of carbonyl (C=O) groups is 1. The smallest absolute Gasteiger partial charge is 0.449 e. The number of fused-ring (bicyclic) bond motifs is 2. The minimum atomic E-state index is -1.34. The molecule has 0 unspecified atom stereocenters. The largest absolute Gasteiger partial charge is 0.511 e. The summed E-state index contributed by atoms with van der Waals surface area (Å²) >= 11 is 0. The highest BCUT2D eigenvalue weighted by Crippen LogP contribution is 2.32. The predicted octanol–water partition coefficient (Wildman–Crippen LogP) is 8.06. The van der Waals surface area contributed by atoms with Gasteiger partial charge in [-0.25, -0.2) is 19.2 Å². The number of hydrogen-bond acceptors (Lipinski definition) is 4. The Labute approximate surface area is 236 Å². The van der Waals surface area contributed by atoms with Crippen LogP contribution in [0.15, 0.2) is 72.8 Å². The topological polar surface area (TPSA) is 93.0 Å². The highest BCUT2D eigenvalue weighted by atomic mass is 19.1. The SMILES string of the molecule is CCCc1nc2c(C)cc(-c3nc4c(C)c(F)ccc4[nH]3)cc2n1Cc1ccc(-c2ccccc2OC(=O)O)cc1. The molecule has 0 radical (unpaired) electrons. The van der Waals surface area contributed by atoms with Crippen molar-refractivity contribution in [2.75, 3.05) is 0 Å². The molecule has 0 aliphatic heterocycles. The number of rotatable bonds is 7. The molecular formula is C33H29FN4O3. The molecule has 6 aromatic rings. The molecule has 0 bridgehead atoms. The quantitative estimate of drug-likeness (QED) is 0.155. The molecule has 2 N–H and O–H groups in total. The van der Waals surface area contributed by atoms with Crippen molar-refractivity contribution < 1.29 is 19.0 Å². The number of aromatic nitrogens is 4. The zero-order chi connectivity index (χ0) is 28.7. The highest BCUT2D eigenvalue weighted by Gasteiger charge is 2.17. The Balaban J connectivity index is 1.39. The maximum absolute atomic E-state index is 14.2. The van der Waals surface area contributed by atoms with E-state index in [2.05, 4.69) is 35.5 Å². The highest BCUT2D eigenvalue weighted by molar-refractivity contribution is 5.88. The summed E-state index contributed by atoms with van der Waals surface area (Å²) < 4.78 is 21.4. The van der Waals surface area contributed by atoms with Crippen LogP contribution in [0.1, 0.15) is 35.9 Å². The monoisotopic (exact) mass is 548 g/mol. The predicted molar refractivity (Wildman–Crippen MR) is 158 cm³/mol. The third-order valence-corrected chi connectivity index (χ3v) is 7.40. The first kappa shape index (κ1) is 26.3. The van der Waals surface area contributed by atoms with Gasteiger partial charge in [-0.05, 0) is 67.3 Å². The minimum Gasteiger partial charge on any atom is -0.449 e. The van der Waals surface area contributed by atoms with Gasteiger partial charge >= 0.3 is 6.16 Å². The Bertz CT molecular complexity index is 1920. The second-order valence-electron chi connectivity index (χ2n) is 10.2. The van der Waals surface area contributed by atoms with E-state index >= 15 is 0 Å². The van der Waals surface area contributed by atoms with Crippen molar-refractivity contribution in [1.82, 2.24) is 19.5 Å². The lowest BCUT2D eigenvalue weighted by atomic mass is 10.0. The molecule has 206 valence electrons. The van der Waals surface area contributed by atoms with Gasteiger partial charge in [-0.15, -0.1) is 0 Å². The van der Waals surface area contributed by atoms with Gasteiger partial charge in [0.15, 0.2) is 0 Å². The van der Waals surface area contributed by atoms with Crippen molar-refractivity contribution in [1.29, 1.82) is 0 Å². The molecule has 0 spiro atoms. The molecule has 7 nitrogen and oxygen atoms in total. The van der Waals surface area contributed by atoms with E-state index in [0.29, 0.717) is 34.8 Å². The van der Waals surface area contributed by atoms with Crippen LogP contribution in [-0.2, 0) is 13.0 Å². The number of para-hydroxylation sites is 1. The Kier molecular flexibility index (Phi) is 6.75. The summed E-state index contributed by atoms with van der Waals surface area (Å²) in [5.74, 6) is 1.73. The molecule has 0 atom stereocenters. The third-order valence-electron chi connectivity index (χ3n) is 7.40. The Hall–Kier alpha value is -4.98. The van der Waals surface area contributed by atoms with Crippen molar-refractivity contribution in [3.05, 3.63) is 101 Å². The molecule has 0 aliphatic carbocycles. The van der Waals surface area contributed by atoms with E-state index in [1.54, 1.807) is 25.1 Å². The second-order valence-corrected chi connectivity index (χ2v) is 10.2. The third kappa shape index (κ3) is 4.93. The fourth-order valence-corrected chi connectivity index (χ4v) is 5.35. The van der Waals surface area contributed by atoms with Gasteiger partial charge in [0.25, 0.3) is 0 Å². The van der Waals surface area contributed by atoms with Crippen LogP contribution in [0.5, 0.6) is 5.75 Å². The molecule has 8 heteroatoms. The van der Waals surface area contributed by atoms with Crippen LogP contribution in [0.2, 0.25) is 0 Å². The van der Waals surface area contributed by atoms with Crippen LogP contribution in [0, 0.1) is 19.7 Å². The number of aromatic amines is 1. The van der Waals surface area contributed by atoms with E-state index in [0.717, 1.165) is 57.5 Å². The first-order chi connectivity index (χ1) is 19.8. The zero-order valence-corrected chi connectivity index (χ0v) is 23.0. The number of nitrogens with zero attached hydrogens (tertiary/aromatic N) is 3. The molecule has 6 rings (SSSR count). The van der Waals surface area contributed by atoms with Crippen molar-refractivity contribution in [3.8, 4) is 28.3 Å². The molecule has 41 heavy (non-hydrogen) atoms. The van der Waals surface area contributed by atoms with Gasteiger partial charge < -0.3 is 19.4 Å². The number of ether oxygens (including phenoxy) is 1. The number of H-pyrrole nitrogens is 1. The maximum atomic E-state index is 14.2. The summed E-state index contributed by atoms with van der Waals surface area (Å²) in [4.78, 5) is 24.2. The average Bonchev–Trinajstić information content (AvgIpc) is 3.54. The van der Waals surface area contributed by atoms with Crippen molar-refractivity contribution in [2.24, 2.45) is 0 Å². The molecule has 2 heterocycles. The number of carboxylic acid groups (broad SMARTS) is 1. The van der Waals surface area contributed by atoms with Gasteiger partial charge in [0.05, 0.1) is 22.1 Å². The summed E-state index contributed by atoms with van der Waals surface area (Å²) in [5, 5.41) is 9.10. The van der Waals surface area contributed by atoms with Crippen LogP contribution in [0.3, 0.4) is 0 Å². The van der Waals surface area contributed by atoms with Crippen LogP contribution in [0.4, 0.5) is 9.18 Å². The first-order valence-electron chi connectivity index (χ1n) is 13.6. The Morgan fingerprint density at radius 2 is 1.76 bits per heavy atom. The molecule has 0 fully saturated rings. The summed E-state index contributed by atoms with van der Waals surface area (Å²) in [6, 6.07) is 22.5. The van der Waals surface area contributed by atoms with Gasteiger partial charge in [-0.3, -0.25) is 0 Å². The van der Waals surface area contributed by atoms with Crippen LogP contribution < -0.4 is 4.74 Å². The van der Waals surface area contributed by atoms with E-state index in [4.69, 9.17) is 19.8 Å². The lowest BCUT2D eigenvalue weighted by Gasteiger charge is -2.12. The summed E-state index contributed by atoms with van der Waals surface area (Å²) in [6.07, 6.45) is 0.456. The van der Waals surface area contributed by atoms with Crippen molar-refractivity contribution in [3.63, 3.8) is 0 Å². The molecule has 0 aliphatic rings. The fraction of sp³-hybridized carbons (Fsp3) is 0.182. The first-order valence-corrected chi connectivity index (χ1v) is 13.6. The standard InChI is InChI=1S/C33H29FN4O3/c1-4-7-29-36-30-19(2)16-23(32-35-26-15-14-25(34)20(3)31(26)37-32)17-27(30)38(29)18-21-10-12-22(13-11-21)24-8-5-6-9-28(24)41-33(39)40/h5-6,8-17H,4,7,18H2,1-3H3,(H,35,37)(H,39,40). The second kappa shape index (κ2) is 10.5. The van der Waals surface area contributed by atoms with E-state index in [1.807, 2.05) is 36.4 Å². The average molecular weight is 549 g/mol. The fourth-order valence-electron chi connectivity index (χ4n) is 5.35.